The zero-order chi connectivity index (χ0) is 25.2. The van der Waals surface area contributed by atoms with E-state index in [1.54, 1.807) is 6.92 Å². The normalized spacial score (nSPS) is 17.1. The summed E-state index contributed by atoms with van der Waals surface area (Å²) in [7, 11) is -2.44. The van der Waals surface area contributed by atoms with Crippen LogP contribution in [-0.2, 0) is 23.6 Å². The smallest absolute Gasteiger partial charge is 0.870 e. The summed E-state index contributed by atoms with van der Waals surface area (Å²) >= 11 is 11.9. The van der Waals surface area contributed by atoms with Crippen molar-refractivity contribution in [2.45, 2.75) is 32.0 Å². The third-order valence-corrected chi connectivity index (χ3v) is 5.70. The second kappa shape index (κ2) is 13.6. The van der Waals surface area contributed by atoms with Crippen LogP contribution in [0.2, 0.25) is 10.0 Å². The Kier molecular flexibility index (Phi) is 12.1. The van der Waals surface area contributed by atoms with Gasteiger partial charge in [-0.25, -0.2) is 0 Å². The van der Waals surface area contributed by atoms with Gasteiger partial charge in [0.1, 0.15) is 11.5 Å². The van der Waals surface area contributed by atoms with Gasteiger partial charge in [0, 0.05) is 10.0 Å². The van der Waals surface area contributed by atoms with E-state index in [0.29, 0.717) is 22.1 Å². The molecule has 11 nitrogen and oxygen atoms in total. The molecule has 0 spiro atoms. The zero-order valence-corrected chi connectivity index (χ0v) is 20.7. The number of aromatic hydroxyl groups is 2. The predicted octanol–water partition coefficient (Wildman–Crippen LogP) is -2.14. The molecule has 2 atom stereocenters. The Bertz CT molecular complexity index is 1110. The van der Waals surface area contributed by atoms with Crippen LogP contribution in [0.5, 0.6) is 11.5 Å². The van der Waals surface area contributed by atoms with Crippen molar-refractivity contribution in [3.05, 3.63) is 45.4 Å². The van der Waals surface area contributed by atoms with E-state index >= 15 is 0 Å². The third-order valence-electron chi connectivity index (χ3n) is 5.07. The molecule has 2 aromatic carbocycles. The van der Waals surface area contributed by atoms with E-state index in [1.807, 2.05) is 0 Å². The number of carboxylic acid groups (broad SMARTS) is 1. The number of fused-ring (bicyclic) bond motifs is 2. The largest absolute Gasteiger partial charge is 1.00 e. The molecule has 2 aliphatic heterocycles. The molecule has 0 amide bonds. The molecule has 188 valence electrons. The molecule has 2 aliphatic rings. The number of rotatable bonds is 5. The van der Waals surface area contributed by atoms with Crippen LogP contribution >= 0.6 is 23.2 Å². The first-order chi connectivity index (χ1) is 16.0. The molecule has 36 heavy (non-hydrogen) atoms. The molecule has 2 unspecified atom stereocenters. The first kappa shape index (κ1) is 32.1. The van der Waals surface area contributed by atoms with Crippen LogP contribution in [0, 0.1) is 0 Å². The van der Waals surface area contributed by atoms with E-state index in [9.17, 15) is 29.9 Å². The van der Waals surface area contributed by atoms with E-state index in [1.165, 1.54) is 24.3 Å². The summed E-state index contributed by atoms with van der Waals surface area (Å²) < 4.78 is 15.1. The van der Waals surface area contributed by atoms with Gasteiger partial charge in [-0.1, -0.05) is 23.2 Å². The number of phenolic OH excluding ortho intramolecular Hbond substituents is 2. The third kappa shape index (κ3) is 7.32. The summed E-state index contributed by atoms with van der Waals surface area (Å²) in [5.41, 5.74) is 1.65. The van der Waals surface area contributed by atoms with E-state index in [4.69, 9.17) is 42.4 Å². The molecule has 0 aliphatic carbocycles. The number of carbonyl (C=O) groups excluding carboxylic acids is 1. The molecule has 0 saturated carbocycles. The van der Waals surface area contributed by atoms with Crippen molar-refractivity contribution in [3.8, 4) is 11.5 Å². The molecule has 4 rings (SSSR count). The van der Waals surface area contributed by atoms with E-state index in [-0.39, 0.29) is 65.3 Å². The first-order valence-electron chi connectivity index (χ1n) is 10.1. The van der Waals surface area contributed by atoms with Crippen molar-refractivity contribution < 1.29 is 73.3 Å². The molecule has 0 aromatic heterocycles. The molecule has 0 saturated heterocycles. The van der Waals surface area contributed by atoms with E-state index < -0.39 is 38.4 Å². The van der Waals surface area contributed by atoms with E-state index in [2.05, 4.69) is 0 Å². The van der Waals surface area contributed by atoms with Gasteiger partial charge in [-0.15, -0.1) is 0 Å². The van der Waals surface area contributed by atoms with Gasteiger partial charge in [0.2, 0.25) is 0 Å². The average Bonchev–Trinajstić information content (AvgIpc) is 3.18. The Hall–Kier alpha value is -1.91. The van der Waals surface area contributed by atoms with Gasteiger partial charge in [-0.05, 0) is 53.2 Å². The van der Waals surface area contributed by atoms with Crippen molar-refractivity contribution >= 4 is 60.3 Å². The minimum atomic E-state index is -1.25. The quantitative estimate of drug-likeness (QED) is 0.207. The van der Waals surface area contributed by atoms with Gasteiger partial charge in [0.05, 0.1) is 31.7 Å². The van der Waals surface area contributed by atoms with Crippen LogP contribution in [0.3, 0.4) is 0 Å². The SMILES string of the molecule is CCOC(=O)CC1OB(O)c2cc(O)cc(Cl)c21.O=C(O)CC1OB(O)c2cc(O)cc(Cl)c21.[Li+].[OH-]. The van der Waals surface area contributed by atoms with Gasteiger partial charge in [0.15, 0.2) is 0 Å². The maximum Gasteiger partial charge on any atom is 1.00 e. The molecule has 2 heterocycles. The minimum absolute atomic E-state index is 0. The Morgan fingerprint density at radius 2 is 1.33 bits per heavy atom. The van der Waals surface area contributed by atoms with Gasteiger partial charge in [0.25, 0.3) is 0 Å². The number of phenols is 2. The molecule has 6 N–H and O–H groups in total. The number of carboxylic acids is 1. The molecular formula is C20H21B2Cl2LiO11. The maximum atomic E-state index is 11.4. The van der Waals surface area contributed by atoms with Crippen molar-refractivity contribution in [1.29, 1.82) is 0 Å². The monoisotopic (exact) mass is 536 g/mol. The van der Waals surface area contributed by atoms with Gasteiger partial charge >= 0.3 is 45.0 Å². The standard InChI is InChI=1S/C11H12BClO5.C9H8BClO5.Li.H2O/c1-2-17-10(15)5-9-11-7(12(16)18-9)3-6(14)4-8(11)13;11-6-2-4(12)1-5-9(6)7(3-8(13)14)16-10(5)15;;/h3-4,9,14,16H,2,5H2,1H3;1-2,7,12,15H,3H2,(H,13,14);;1H2/q;;+1;/p-1. The van der Waals surface area contributed by atoms with Crippen LogP contribution < -0.4 is 29.8 Å². The molecule has 0 fully saturated rings. The van der Waals surface area contributed by atoms with E-state index in [0.717, 1.165) is 0 Å². The fourth-order valence-electron chi connectivity index (χ4n) is 3.76. The number of benzene rings is 2. The van der Waals surface area contributed by atoms with Crippen LogP contribution in [-0.4, -0.2) is 63.6 Å². The Balaban J connectivity index is 0.000000343. The molecule has 0 radical (unpaired) electrons. The van der Waals surface area contributed by atoms with Crippen LogP contribution in [0.25, 0.3) is 0 Å². The second-order valence-corrected chi connectivity index (χ2v) is 8.24. The van der Waals surface area contributed by atoms with Crippen molar-refractivity contribution in [2.75, 3.05) is 6.61 Å². The molecule has 0 bridgehead atoms. The predicted molar refractivity (Wildman–Crippen MR) is 125 cm³/mol. The van der Waals surface area contributed by atoms with Crippen molar-refractivity contribution in [2.24, 2.45) is 0 Å². The Labute approximate surface area is 228 Å². The van der Waals surface area contributed by atoms with Gasteiger partial charge in [-0.2, -0.15) is 0 Å². The first-order valence-corrected chi connectivity index (χ1v) is 10.9. The number of ether oxygens (including phenoxy) is 1. The van der Waals surface area contributed by atoms with Crippen molar-refractivity contribution in [3.63, 3.8) is 0 Å². The molecule has 2 aromatic rings. The average molecular weight is 537 g/mol. The van der Waals surface area contributed by atoms with Gasteiger partial charge in [-0.3, -0.25) is 9.59 Å². The number of halogens is 2. The number of esters is 1. The molecular weight excluding hydrogens is 516 g/mol. The number of hydrogen-bond donors (Lipinski definition) is 5. The summed E-state index contributed by atoms with van der Waals surface area (Å²) in [5.74, 6) is -1.62. The maximum absolute atomic E-state index is 11.4. The summed E-state index contributed by atoms with van der Waals surface area (Å²) in [5, 5.41) is 47.1. The van der Waals surface area contributed by atoms with Gasteiger partial charge < -0.3 is 44.9 Å². The van der Waals surface area contributed by atoms with Crippen molar-refractivity contribution in [1.82, 2.24) is 0 Å². The summed E-state index contributed by atoms with van der Waals surface area (Å²) in [4.78, 5) is 22.0. The second-order valence-electron chi connectivity index (χ2n) is 7.42. The number of aliphatic carboxylic acids is 1. The summed E-state index contributed by atoms with van der Waals surface area (Å²) in [6, 6.07) is 5.32. The topological polar surface area (TPSA) is 193 Å². The van der Waals surface area contributed by atoms with Crippen LogP contribution in [0.4, 0.5) is 0 Å². The summed E-state index contributed by atoms with van der Waals surface area (Å²) in [6.07, 6.45) is -1.74. The minimum Gasteiger partial charge on any atom is -0.870 e. The Morgan fingerprint density at radius 3 is 1.72 bits per heavy atom. The Morgan fingerprint density at radius 1 is 0.917 bits per heavy atom. The van der Waals surface area contributed by atoms with Crippen LogP contribution in [0.15, 0.2) is 24.3 Å². The zero-order valence-electron chi connectivity index (χ0n) is 19.2. The van der Waals surface area contributed by atoms with Crippen LogP contribution in [0.1, 0.15) is 43.1 Å². The molecule has 16 heteroatoms. The number of carbonyl (C=O) groups is 2. The summed E-state index contributed by atoms with van der Waals surface area (Å²) in [6.45, 7) is 1.99. The fraction of sp³-hybridized carbons (Fsp3) is 0.300. The number of hydrogen-bond acceptors (Lipinski definition) is 10. The fourth-order valence-corrected chi connectivity index (χ4v) is 4.45.